The van der Waals surface area contributed by atoms with Crippen LogP contribution in [0.2, 0.25) is 0 Å². The van der Waals surface area contributed by atoms with E-state index in [9.17, 15) is 0 Å². The molecule has 0 saturated heterocycles. The minimum Gasteiger partial charge on any atom is -0.385 e. The van der Waals surface area contributed by atoms with Crippen molar-refractivity contribution in [2.24, 2.45) is 5.92 Å². The first kappa shape index (κ1) is 12.9. The van der Waals surface area contributed by atoms with Gasteiger partial charge in [-0.05, 0) is 26.2 Å². The standard InChI is InChI=1S/C11H25NO/c1-6-9(2)11(4)12-10(3)7-8-13-5/h9-12H,6-8H2,1-5H3. The van der Waals surface area contributed by atoms with Gasteiger partial charge >= 0.3 is 0 Å². The van der Waals surface area contributed by atoms with Gasteiger partial charge in [0.25, 0.3) is 0 Å². The summed E-state index contributed by atoms with van der Waals surface area (Å²) in [7, 11) is 1.75. The largest absolute Gasteiger partial charge is 0.385 e. The molecule has 0 aliphatic rings. The molecule has 13 heavy (non-hydrogen) atoms. The third-order valence-electron chi connectivity index (χ3n) is 2.80. The first-order chi connectivity index (χ1) is 6.11. The molecule has 80 valence electrons. The Balaban J connectivity index is 3.57. The summed E-state index contributed by atoms with van der Waals surface area (Å²) in [5.74, 6) is 0.755. The van der Waals surface area contributed by atoms with E-state index in [1.807, 2.05) is 0 Å². The maximum absolute atomic E-state index is 5.04. The molecule has 0 spiro atoms. The van der Waals surface area contributed by atoms with Gasteiger partial charge in [-0.15, -0.1) is 0 Å². The van der Waals surface area contributed by atoms with Gasteiger partial charge in [0.15, 0.2) is 0 Å². The van der Waals surface area contributed by atoms with Gasteiger partial charge in [-0.1, -0.05) is 20.3 Å². The van der Waals surface area contributed by atoms with Crippen LogP contribution >= 0.6 is 0 Å². The molecular weight excluding hydrogens is 162 g/mol. The van der Waals surface area contributed by atoms with E-state index in [1.165, 1.54) is 6.42 Å². The molecule has 0 bridgehead atoms. The molecule has 2 heteroatoms. The second-order valence-corrected chi connectivity index (χ2v) is 4.02. The van der Waals surface area contributed by atoms with Crippen molar-refractivity contribution >= 4 is 0 Å². The van der Waals surface area contributed by atoms with E-state index in [4.69, 9.17) is 4.74 Å². The first-order valence-electron chi connectivity index (χ1n) is 5.36. The number of hydrogen-bond donors (Lipinski definition) is 1. The van der Waals surface area contributed by atoms with E-state index in [-0.39, 0.29) is 0 Å². The van der Waals surface area contributed by atoms with Gasteiger partial charge < -0.3 is 10.1 Å². The van der Waals surface area contributed by atoms with Crippen molar-refractivity contribution in [3.63, 3.8) is 0 Å². The predicted molar refractivity (Wildman–Crippen MR) is 58.0 cm³/mol. The average Bonchev–Trinajstić information content (AvgIpc) is 2.13. The summed E-state index contributed by atoms with van der Waals surface area (Å²) >= 11 is 0. The fraction of sp³-hybridized carbons (Fsp3) is 1.00. The second kappa shape index (κ2) is 7.34. The zero-order chi connectivity index (χ0) is 10.3. The van der Waals surface area contributed by atoms with Crippen LogP contribution in [0.25, 0.3) is 0 Å². The average molecular weight is 187 g/mol. The summed E-state index contributed by atoms with van der Waals surface area (Å²) in [5, 5.41) is 3.59. The molecule has 0 rings (SSSR count). The highest BCUT2D eigenvalue weighted by atomic mass is 16.5. The normalized spacial score (nSPS) is 18.2. The smallest absolute Gasteiger partial charge is 0.0476 e. The maximum atomic E-state index is 5.04. The van der Waals surface area contributed by atoms with E-state index in [2.05, 4.69) is 33.0 Å². The van der Waals surface area contributed by atoms with Gasteiger partial charge in [-0.25, -0.2) is 0 Å². The zero-order valence-corrected chi connectivity index (χ0v) is 9.76. The Labute approximate surface area is 83.1 Å². The van der Waals surface area contributed by atoms with E-state index < -0.39 is 0 Å². The zero-order valence-electron chi connectivity index (χ0n) is 9.76. The summed E-state index contributed by atoms with van der Waals surface area (Å²) in [6.45, 7) is 9.86. The summed E-state index contributed by atoms with van der Waals surface area (Å²) in [6.07, 6.45) is 2.34. The van der Waals surface area contributed by atoms with Crippen molar-refractivity contribution in [3.8, 4) is 0 Å². The third kappa shape index (κ3) is 6.05. The van der Waals surface area contributed by atoms with Gasteiger partial charge in [-0.3, -0.25) is 0 Å². The van der Waals surface area contributed by atoms with Crippen molar-refractivity contribution in [3.05, 3.63) is 0 Å². The fourth-order valence-corrected chi connectivity index (χ4v) is 1.34. The topological polar surface area (TPSA) is 21.3 Å². The SMILES string of the molecule is CCC(C)C(C)NC(C)CCOC. The molecule has 0 aliphatic heterocycles. The molecule has 3 unspecified atom stereocenters. The molecule has 0 fully saturated rings. The Morgan fingerprint density at radius 2 is 1.85 bits per heavy atom. The second-order valence-electron chi connectivity index (χ2n) is 4.02. The molecule has 0 aliphatic carbocycles. The van der Waals surface area contributed by atoms with Crippen LogP contribution in [0.5, 0.6) is 0 Å². The Morgan fingerprint density at radius 1 is 1.23 bits per heavy atom. The van der Waals surface area contributed by atoms with Gasteiger partial charge in [0.1, 0.15) is 0 Å². The summed E-state index contributed by atoms with van der Waals surface area (Å²) < 4.78 is 5.04. The van der Waals surface area contributed by atoms with Crippen LogP contribution in [0.1, 0.15) is 40.5 Å². The molecule has 1 N–H and O–H groups in total. The van der Waals surface area contributed by atoms with Crippen LogP contribution in [0.3, 0.4) is 0 Å². The van der Waals surface area contributed by atoms with Crippen LogP contribution in [0.4, 0.5) is 0 Å². The van der Waals surface area contributed by atoms with E-state index in [1.54, 1.807) is 7.11 Å². The molecule has 0 saturated carbocycles. The first-order valence-corrected chi connectivity index (χ1v) is 5.36. The number of nitrogens with one attached hydrogen (secondary N) is 1. The van der Waals surface area contributed by atoms with Gasteiger partial charge in [-0.2, -0.15) is 0 Å². The lowest BCUT2D eigenvalue weighted by molar-refractivity contribution is 0.180. The van der Waals surface area contributed by atoms with Crippen molar-refractivity contribution < 1.29 is 4.74 Å². The lowest BCUT2D eigenvalue weighted by Crippen LogP contribution is -2.38. The Hall–Kier alpha value is -0.0800. The van der Waals surface area contributed by atoms with E-state index >= 15 is 0 Å². The Bertz CT molecular complexity index is 117. The minimum absolute atomic E-state index is 0.559. The quantitative estimate of drug-likeness (QED) is 0.661. The van der Waals surface area contributed by atoms with Crippen LogP contribution in [-0.2, 0) is 4.74 Å². The molecule has 0 radical (unpaired) electrons. The monoisotopic (exact) mass is 187 g/mol. The van der Waals surface area contributed by atoms with Crippen molar-refractivity contribution in [1.82, 2.24) is 5.32 Å². The minimum atomic E-state index is 0.559. The lowest BCUT2D eigenvalue weighted by atomic mass is 10.00. The van der Waals surface area contributed by atoms with E-state index in [0.29, 0.717) is 12.1 Å². The molecule has 0 aromatic rings. The predicted octanol–water partition coefficient (Wildman–Crippen LogP) is 2.44. The Morgan fingerprint density at radius 3 is 2.31 bits per heavy atom. The van der Waals surface area contributed by atoms with Crippen LogP contribution in [-0.4, -0.2) is 25.8 Å². The summed E-state index contributed by atoms with van der Waals surface area (Å²) in [6, 6.07) is 1.17. The van der Waals surface area contributed by atoms with Crippen LogP contribution in [0, 0.1) is 5.92 Å². The van der Waals surface area contributed by atoms with Gasteiger partial charge in [0.05, 0.1) is 0 Å². The van der Waals surface area contributed by atoms with Crippen LogP contribution in [0.15, 0.2) is 0 Å². The molecule has 0 heterocycles. The summed E-state index contributed by atoms with van der Waals surface area (Å²) in [5.41, 5.74) is 0. The number of methoxy groups -OCH3 is 1. The molecule has 0 aromatic carbocycles. The molecular formula is C11H25NO. The van der Waals surface area contributed by atoms with Gasteiger partial charge in [0.2, 0.25) is 0 Å². The molecule has 2 nitrogen and oxygen atoms in total. The lowest BCUT2D eigenvalue weighted by Gasteiger charge is -2.24. The van der Waals surface area contributed by atoms with Crippen molar-refractivity contribution in [2.45, 2.75) is 52.6 Å². The van der Waals surface area contributed by atoms with Crippen LogP contribution < -0.4 is 5.32 Å². The third-order valence-corrected chi connectivity index (χ3v) is 2.80. The fourth-order valence-electron chi connectivity index (χ4n) is 1.34. The summed E-state index contributed by atoms with van der Waals surface area (Å²) in [4.78, 5) is 0. The molecule has 0 amide bonds. The highest BCUT2D eigenvalue weighted by Gasteiger charge is 2.12. The molecule has 0 aromatic heterocycles. The highest BCUT2D eigenvalue weighted by Crippen LogP contribution is 2.08. The highest BCUT2D eigenvalue weighted by molar-refractivity contribution is 4.71. The number of ether oxygens (including phenoxy) is 1. The Kier molecular flexibility index (Phi) is 7.29. The van der Waals surface area contributed by atoms with Crippen molar-refractivity contribution in [2.75, 3.05) is 13.7 Å². The number of rotatable bonds is 7. The number of hydrogen-bond acceptors (Lipinski definition) is 2. The van der Waals surface area contributed by atoms with Crippen molar-refractivity contribution in [1.29, 1.82) is 0 Å². The van der Waals surface area contributed by atoms with E-state index in [0.717, 1.165) is 18.9 Å². The van der Waals surface area contributed by atoms with Gasteiger partial charge in [0, 0.05) is 25.8 Å². The molecule has 3 atom stereocenters. The maximum Gasteiger partial charge on any atom is 0.0476 e.